The van der Waals surface area contributed by atoms with Gasteiger partial charge < -0.3 is 5.32 Å². The van der Waals surface area contributed by atoms with E-state index in [0.717, 1.165) is 5.69 Å². The van der Waals surface area contributed by atoms with Crippen LogP contribution in [0.1, 0.15) is 30.0 Å². The molecule has 0 radical (unpaired) electrons. The summed E-state index contributed by atoms with van der Waals surface area (Å²) in [6.07, 6.45) is 0. The quantitative estimate of drug-likeness (QED) is 0.819. The number of nitrogens with one attached hydrogen (secondary N) is 1. The van der Waals surface area contributed by atoms with Crippen molar-refractivity contribution < 1.29 is 4.79 Å². The van der Waals surface area contributed by atoms with Crippen molar-refractivity contribution in [1.29, 1.82) is 0 Å². The molecule has 90 valence electrons. The van der Waals surface area contributed by atoms with E-state index < -0.39 is 0 Å². The van der Waals surface area contributed by atoms with Gasteiger partial charge in [0.15, 0.2) is 0 Å². The molecular formula is C11H18ClN3O. The highest BCUT2D eigenvalue weighted by atomic mass is 35.5. The predicted molar refractivity (Wildman–Crippen MR) is 64.8 cm³/mol. The third kappa shape index (κ3) is 3.23. The molecule has 4 nitrogen and oxygen atoms in total. The van der Waals surface area contributed by atoms with Crippen molar-refractivity contribution in [3.8, 4) is 0 Å². The van der Waals surface area contributed by atoms with E-state index >= 15 is 0 Å². The van der Waals surface area contributed by atoms with Gasteiger partial charge in [-0.25, -0.2) is 0 Å². The molecule has 1 amide bonds. The summed E-state index contributed by atoms with van der Waals surface area (Å²) in [4.78, 5) is 11.8. The standard InChI is InChI=1S/C11H18ClN3O/c1-8-5-9(15(4)14-8)10(16)13-7-11(2,3)6-12/h5H,6-7H2,1-4H3,(H,13,16). The number of hydrogen-bond acceptors (Lipinski definition) is 2. The predicted octanol–water partition coefficient (Wildman–Crippen LogP) is 1.72. The lowest BCUT2D eigenvalue weighted by Crippen LogP contribution is -2.35. The maximum atomic E-state index is 11.8. The summed E-state index contributed by atoms with van der Waals surface area (Å²) in [5.41, 5.74) is 1.32. The fraction of sp³-hybridized carbons (Fsp3) is 0.636. The van der Waals surface area contributed by atoms with Gasteiger partial charge in [0.25, 0.3) is 5.91 Å². The van der Waals surface area contributed by atoms with Crippen molar-refractivity contribution in [3.05, 3.63) is 17.5 Å². The Balaban J connectivity index is 2.63. The molecule has 0 aliphatic carbocycles. The molecule has 0 aliphatic heterocycles. The van der Waals surface area contributed by atoms with Crippen LogP contribution in [0, 0.1) is 12.3 Å². The van der Waals surface area contributed by atoms with Gasteiger partial charge in [-0.1, -0.05) is 13.8 Å². The molecule has 0 saturated carbocycles. The zero-order chi connectivity index (χ0) is 12.3. The molecule has 0 aromatic carbocycles. The number of aromatic nitrogens is 2. The van der Waals surface area contributed by atoms with Gasteiger partial charge in [0, 0.05) is 19.5 Å². The van der Waals surface area contributed by atoms with Gasteiger partial charge >= 0.3 is 0 Å². The number of amides is 1. The highest BCUT2D eigenvalue weighted by Gasteiger charge is 2.19. The molecule has 0 unspecified atom stereocenters. The normalized spacial score (nSPS) is 11.6. The molecule has 0 bridgehead atoms. The molecule has 1 aromatic rings. The zero-order valence-corrected chi connectivity index (χ0v) is 10.9. The second-order valence-corrected chi connectivity index (χ2v) is 5.04. The number of rotatable bonds is 4. The largest absolute Gasteiger partial charge is 0.350 e. The maximum Gasteiger partial charge on any atom is 0.269 e. The van der Waals surface area contributed by atoms with Crippen LogP contribution in [-0.4, -0.2) is 28.1 Å². The first-order chi connectivity index (χ1) is 7.35. The van der Waals surface area contributed by atoms with Crippen LogP contribution in [0.5, 0.6) is 0 Å². The fourth-order valence-corrected chi connectivity index (χ4v) is 1.37. The van der Waals surface area contributed by atoms with Crippen LogP contribution in [0.2, 0.25) is 0 Å². The van der Waals surface area contributed by atoms with Crippen LogP contribution in [0.15, 0.2) is 6.07 Å². The second kappa shape index (κ2) is 4.87. The second-order valence-electron chi connectivity index (χ2n) is 4.78. The first kappa shape index (κ1) is 13.0. The third-order valence-electron chi connectivity index (χ3n) is 2.32. The number of carbonyl (C=O) groups is 1. The molecule has 0 spiro atoms. The summed E-state index contributed by atoms with van der Waals surface area (Å²) in [5, 5.41) is 6.99. The van der Waals surface area contributed by atoms with Crippen LogP contribution >= 0.6 is 11.6 Å². The van der Waals surface area contributed by atoms with E-state index in [1.165, 1.54) is 0 Å². The number of carbonyl (C=O) groups excluding carboxylic acids is 1. The van der Waals surface area contributed by atoms with Crippen molar-refractivity contribution in [2.24, 2.45) is 12.5 Å². The smallest absolute Gasteiger partial charge is 0.269 e. The van der Waals surface area contributed by atoms with Crippen LogP contribution in [0.3, 0.4) is 0 Å². The summed E-state index contributed by atoms with van der Waals surface area (Å²) in [5.74, 6) is 0.402. The van der Waals surface area contributed by atoms with Crippen LogP contribution in [-0.2, 0) is 7.05 Å². The number of nitrogens with zero attached hydrogens (tertiary/aromatic N) is 2. The Morgan fingerprint density at radius 2 is 2.25 bits per heavy atom. The zero-order valence-electron chi connectivity index (χ0n) is 10.2. The molecule has 0 aliphatic rings. The van der Waals surface area contributed by atoms with Crippen molar-refractivity contribution >= 4 is 17.5 Å². The first-order valence-corrected chi connectivity index (χ1v) is 5.74. The Labute approximate surface area is 101 Å². The molecule has 0 saturated heterocycles. The minimum atomic E-state index is -0.110. The number of alkyl halides is 1. The van der Waals surface area contributed by atoms with E-state index in [1.54, 1.807) is 17.8 Å². The molecule has 0 atom stereocenters. The molecular weight excluding hydrogens is 226 g/mol. The maximum absolute atomic E-state index is 11.8. The number of aryl methyl sites for hydroxylation is 2. The summed E-state index contributed by atoms with van der Waals surface area (Å²) in [6.45, 7) is 6.43. The van der Waals surface area contributed by atoms with Gasteiger partial charge in [-0.05, 0) is 18.4 Å². The van der Waals surface area contributed by atoms with Crippen LogP contribution in [0.4, 0.5) is 0 Å². The van der Waals surface area contributed by atoms with Gasteiger partial charge in [0.1, 0.15) is 5.69 Å². The van der Waals surface area contributed by atoms with Crippen molar-refractivity contribution in [2.75, 3.05) is 12.4 Å². The van der Waals surface area contributed by atoms with E-state index in [9.17, 15) is 4.79 Å². The Bertz CT molecular complexity index is 385. The van der Waals surface area contributed by atoms with E-state index in [1.807, 2.05) is 20.8 Å². The van der Waals surface area contributed by atoms with Crippen LogP contribution < -0.4 is 5.32 Å². The molecule has 5 heteroatoms. The highest BCUT2D eigenvalue weighted by Crippen LogP contribution is 2.15. The minimum Gasteiger partial charge on any atom is -0.350 e. The minimum absolute atomic E-state index is 0.0924. The molecule has 1 rings (SSSR count). The Hall–Kier alpha value is -1.03. The van der Waals surface area contributed by atoms with E-state index in [4.69, 9.17) is 11.6 Å². The third-order valence-corrected chi connectivity index (χ3v) is 3.05. The number of halogens is 1. The Kier molecular flexibility index (Phi) is 3.97. The van der Waals surface area contributed by atoms with E-state index in [-0.39, 0.29) is 11.3 Å². The fourth-order valence-electron chi connectivity index (χ4n) is 1.28. The lowest BCUT2D eigenvalue weighted by molar-refractivity contribution is 0.0930. The monoisotopic (exact) mass is 243 g/mol. The number of hydrogen-bond donors (Lipinski definition) is 1. The SMILES string of the molecule is Cc1cc(C(=O)NCC(C)(C)CCl)n(C)n1. The molecule has 0 fully saturated rings. The Morgan fingerprint density at radius 1 is 1.62 bits per heavy atom. The summed E-state index contributed by atoms with van der Waals surface area (Å²) in [7, 11) is 1.76. The average Bonchev–Trinajstić information content (AvgIpc) is 2.54. The van der Waals surface area contributed by atoms with Crippen LogP contribution in [0.25, 0.3) is 0 Å². The molecule has 1 N–H and O–H groups in total. The van der Waals surface area contributed by atoms with Gasteiger partial charge in [-0.3, -0.25) is 9.48 Å². The van der Waals surface area contributed by atoms with Gasteiger partial charge in [0.05, 0.1) is 5.69 Å². The van der Waals surface area contributed by atoms with Crippen molar-refractivity contribution in [2.45, 2.75) is 20.8 Å². The van der Waals surface area contributed by atoms with Crippen molar-refractivity contribution in [3.63, 3.8) is 0 Å². The van der Waals surface area contributed by atoms with Crippen molar-refractivity contribution in [1.82, 2.24) is 15.1 Å². The molecule has 16 heavy (non-hydrogen) atoms. The topological polar surface area (TPSA) is 46.9 Å². The lowest BCUT2D eigenvalue weighted by atomic mass is 9.96. The Morgan fingerprint density at radius 3 is 2.69 bits per heavy atom. The van der Waals surface area contributed by atoms with E-state index in [0.29, 0.717) is 18.1 Å². The molecule has 1 heterocycles. The summed E-state index contributed by atoms with van der Waals surface area (Å²) in [6, 6.07) is 1.77. The van der Waals surface area contributed by atoms with Gasteiger partial charge in [-0.2, -0.15) is 5.10 Å². The molecule has 1 aromatic heterocycles. The first-order valence-electron chi connectivity index (χ1n) is 5.20. The lowest BCUT2D eigenvalue weighted by Gasteiger charge is -2.21. The van der Waals surface area contributed by atoms with Gasteiger partial charge in [0.2, 0.25) is 0 Å². The summed E-state index contributed by atoms with van der Waals surface area (Å²) < 4.78 is 1.58. The summed E-state index contributed by atoms with van der Waals surface area (Å²) >= 11 is 5.79. The highest BCUT2D eigenvalue weighted by molar-refractivity contribution is 6.18. The average molecular weight is 244 g/mol. The van der Waals surface area contributed by atoms with E-state index in [2.05, 4.69) is 10.4 Å². The van der Waals surface area contributed by atoms with Gasteiger partial charge in [-0.15, -0.1) is 11.6 Å².